The Morgan fingerprint density at radius 3 is 2.37 bits per heavy atom. The second-order valence-electron chi connectivity index (χ2n) is 7.21. The van der Waals surface area contributed by atoms with Gasteiger partial charge in [-0.3, -0.25) is 4.79 Å². The van der Waals surface area contributed by atoms with Crippen molar-refractivity contribution in [3.05, 3.63) is 0 Å². The lowest BCUT2D eigenvalue weighted by Gasteiger charge is -2.55. The highest BCUT2D eigenvalue weighted by Crippen LogP contribution is 2.51. The van der Waals surface area contributed by atoms with Gasteiger partial charge in [0.15, 0.2) is 5.78 Å². The van der Waals surface area contributed by atoms with Gasteiger partial charge in [-0.25, -0.2) is 0 Å². The van der Waals surface area contributed by atoms with Crippen molar-refractivity contribution in [3.63, 3.8) is 0 Å². The van der Waals surface area contributed by atoms with Gasteiger partial charge in [-0.1, -0.05) is 13.8 Å². The van der Waals surface area contributed by atoms with Crippen molar-refractivity contribution in [2.45, 2.75) is 64.3 Å². The first-order valence-electron chi connectivity index (χ1n) is 7.25. The van der Waals surface area contributed by atoms with Crippen LogP contribution in [-0.2, 0) is 4.79 Å². The van der Waals surface area contributed by atoms with E-state index in [1.807, 2.05) is 0 Å². The lowest BCUT2D eigenvalue weighted by molar-refractivity contribution is -0.201. The molecule has 2 aliphatic carbocycles. The molecular formula is C15H26O4. The molecule has 6 atom stereocenters. The van der Waals surface area contributed by atoms with Crippen molar-refractivity contribution < 1.29 is 20.1 Å². The van der Waals surface area contributed by atoms with Crippen molar-refractivity contribution in [3.8, 4) is 0 Å². The van der Waals surface area contributed by atoms with E-state index in [-0.39, 0.29) is 30.0 Å². The lowest BCUT2D eigenvalue weighted by Crippen LogP contribution is -2.64. The fourth-order valence-corrected chi connectivity index (χ4v) is 4.08. The van der Waals surface area contributed by atoms with Gasteiger partial charge < -0.3 is 15.3 Å². The van der Waals surface area contributed by atoms with Gasteiger partial charge in [-0.2, -0.15) is 0 Å². The maximum absolute atomic E-state index is 12.0. The summed E-state index contributed by atoms with van der Waals surface area (Å²) in [6, 6.07) is 0. The smallest absolute Gasteiger partial charge is 0.167 e. The highest BCUT2D eigenvalue weighted by molar-refractivity contribution is 5.88. The van der Waals surface area contributed by atoms with Crippen LogP contribution in [0.25, 0.3) is 0 Å². The van der Waals surface area contributed by atoms with E-state index in [0.717, 1.165) is 6.42 Å². The molecule has 110 valence electrons. The zero-order chi connectivity index (χ0) is 14.6. The van der Waals surface area contributed by atoms with E-state index in [4.69, 9.17) is 0 Å². The second kappa shape index (κ2) is 4.54. The van der Waals surface area contributed by atoms with E-state index in [9.17, 15) is 20.1 Å². The van der Waals surface area contributed by atoms with Crippen LogP contribution in [0.1, 0.15) is 47.0 Å². The summed E-state index contributed by atoms with van der Waals surface area (Å²) in [6.45, 7) is 7.34. The lowest BCUT2D eigenvalue weighted by atomic mass is 9.53. The highest BCUT2D eigenvalue weighted by Gasteiger charge is 2.58. The minimum atomic E-state index is -1.68. The number of hydrogen-bond donors (Lipinski definition) is 3. The molecule has 0 unspecified atom stereocenters. The van der Waals surface area contributed by atoms with Crippen molar-refractivity contribution in [2.24, 2.45) is 23.7 Å². The third kappa shape index (κ3) is 2.24. The van der Waals surface area contributed by atoms with Gasteiger partial charge >= 0.3 is 0 Å². The van der Waals surface area contributed by atoms with E-state index in [1.165, 1.54) is 6.92 Å². The molecule has 4 nitrogen and oxygen atoms in total. The number of carbonyl (C=O) groups is 1. The number of rotatable bonds is 1. The number of aliphatic hydroxyl groups excluding tert-OH is 1. The van der Waals surface area contributed by atoms with Gasteiger partial charge in [-0.05, 0) is 44.4 Å². The number of Topliss-reactive ketones (excluding diaryl/α,β-unsaturated/α-hetero) is 1. The topological polar surface area (TPSA) is 77.8 Å². The Bertz CT molecular complexity index is 372. The SMILES string of the molecule is CC(C)[C@H]1CC[C@](C)(O)[C@@H]2CC(=O)[C@](C)(O)[C@@H](O)[C@H]12. The number of ketones is 1. The van der Waals surface area contributed by atoms with Gasteiger partial charge in [0.05, 0.1) is 11.7 Å². The summed E-state index contributed by atoms with van der Waals surface area (Å²) in [5.41, 5.74) is -2.61. The molecule has 2 aliphatic rings. The highest BCUT2D eigenvalue weighted by atomic mass is 16.4. The van der Waals surface area contributed by atoms with Crippen LogP contribution >= 0.6 is 0 Å². The summed E-state index contributed by atoms with van der Waals surface area (Å²) in [5.74, 6) is -0.221. The first-order chi connectivity index (χ1) is 8.59. The first kappa shape index (κ1) is 14.9. The van der Waals surface area contributed by atoms with E-state index >= 15 is 0 Å². The molecule has 0 radical (unpaired) electrons. The van der Waals surface area contributed by atoms with Crippen molar-refractivity contribution >= 4 is 5.78 Å². The quantitative estimate of drug-likeness (QED) is 0.667. The molecule has 0 aliphatic heterocycles. The van der Waals surface area contributed by atoms with Crippen molar-refractivity contribution in [1.29, 1.82) is 0 Å². The molecule has 3 N–H and O–H groups in total. The normalized spacial score (nSPS) is 51.3. The monoisotopic (exact) mass is 270 g/mol. The molecule has 0 bridgehead atoms. The summed E-state index contributed by atoms with van der Waals surface area (Å²) in [7, 11) is 0. The van der Waals surface area contributed by atoms with Gasteiger partial charge in [0.2, 0.25) is 0 Å². The summed E-state index contributed by atoms with van der Waals surface area (Å²) in [5, 5.41) is 31.2. The molecule has 0 saturated heterocycles. The van der Waals surface area contributed by atoms with Crippen LogP contribution < -0.4 is 0 Å². The van der Waals surface area contributed by atoms with Crippen LogP contribution in [0.5, 0.6) is 0 Å². The van der Waals surface area contributed by atoms with Gasteiger partial charge in [0, 0.05) is 12.3 Å². The third-order valence-electron chi connectivity index (χ3n) is 5.51. The van der Waals surface area contributed by atoms with Gasteiger partial charge in [0.1, 0.15) is 5.60 Å². The van der Waals surface area contributed by atoms with E-state index in [2.05, 4.69) is 13.8 Å². The molecular weight excluding hydrogens is 244 g/mol. The molecule has 19 heavy (non-hydrogen) atoms. The molecule has 0 spiro atoms. The Hall–Kier alpha value is -0.450. The van der Waals surface area contributed by atoms with E-state index in [1.54, 1.807) is 6.92 Å². The molecule has 4 heteroatoms. The van der Waals surface area contributed by atoms with Crippen molar-refractivity contribution in [1.82, 2.24) is 0 Å². The van der Waals surface area contributed by atoms with Gasteiger partial charge in [0.25, 0.3) is 0 Å². The zero-order valence-electron chi connectivity index (χ0n) is 12.3. The molecule has 2 saturated carbocycles. The maximum Gasteiger partial charge on any atom is 0.167 e. The average Bonchev–Trinajstić information content (AvgIpc) is 2.27. The second-order valence-corrected chi connectivity index (χ2v) is 7.21. The largest absolute Gasteiger partial charge is 0.390 e. The Labute approximate surface area is 114 Å². The number of carbonyl (C=O) groups excluding carboxylic acids is 1. The maximum atomic E-state index is 12.0. The van der Waals surface area contributed by atoms with Crippen LogP contribution in [0.3, 0.4) is 0 Å². The standard InChI is InChI=1S/C15H26O4/c1-8(2)9-5-6-14(3,18)10-7-11(16)15(4,19)13(17)12(9)10/h8-10,12-13,17-19H,5-7H2,1-4H3/t9-,10-,12-,13+,14+,15+/m1/s1. The molecule has 0 aromatic carbocycles. The van der Waals surface area contributed by atoms with Crippen molar-refractivity contribution in [2.75, 3.05) is 0 Å². The van der Waals surface area contributed by atoms with Crippen LogP contribution in [0.15, 0.2) is 0 Å². The average molecular weight is 270 g/mol. The van der Waals surface area contributed by atoms with E-state index in [0.29, 0.717) is 12.3 Å². The minimum absolute atomic E-state index is 0.158. The number of fused-ring (bicyclic) bond motifs is 1. The third-order valence-corrected chi connectivity index (χ3v) is 5.51. The molecule has 2 rings (SSSR count). The molecule has 0 heterocycles. The number of aliphatic hydroxyl groups is 3. The van der Waals surface area contributed by atoms with Crippen LogP contribution in [0.2, 0.25) is 0 Å². The fraction of sp³-hybridized carbons (Fsp3) is 0.933. The van der Waals surface area contributed by atoms with Crippen LogP contribution in [0.4, 0.5) is 0 Å². The Morgan fingerprint density at radius 2 is 1.84 bits per heavy atom. The predicted molar refractivity (Wildman–Crippen MR) is 71.4 cm³/mol. The minimum Gasteiger partial charge on any atom is -0.390 e. The Balaban J connectivity index is 2.40. The fourth-order valence-electron chi connectivity index (χ4n) is 4.08. The summed E-state index contributed by atoms with van der Waals surface area (Å²) in [6.07, 6.45) is 0.551. The number of hydrogen-bond acceptors (Lipinski definition) is 4. The molecule has 0 amide bonds. The first-order valence-corrected chi connectivity index (χ1v) is 7.25. The Morgan fingerprint density at radius 1 is 1.26 bits per heavy atom. The summed E-state index contributed by atoms with van der Waals surface area (Å²) < 4.78 is 0. The predicted octanol–water partition coefficient (Wildman–Crippen LogP) is 1.12. The molecule has 0 aromatic rings. The Kier molecular flexibility index (Phi) is 3.57. The van der Waals surface area contributed by atoms with Crippen LogP contribution in [0, 0.1) is 23.7 Å². The zero-order valence-corrected chi connectivity index (χ0v) is 12.3. The summed E-state index contributed by atoms with van der Waals surface area (Å²) in [4.78, 5) is 12.0. The molecule has 2 fully saturated rings. The molecule has 0 aromatic heterocycles. The summed E-state index contributed by atoms with van der Waals surface area (Å²) >= 11 is 0. The van der Waals surface area contributed by atoms with E-state index < -0.39 is 17.3 Å². The van der Waals surface area contributed by atoms with Gasteiger partial charge in [-0.15, -0.1) is 0 Å². The van der Waals surface area contributed by atoms with Crippen LogP contribution in [-0.4, -0.2) is 38.4 Å².